The average molecular weight is 392 g/mol. The number of nitrogens with one attached hydrogen (secondary N) is 1. The van der Waals surface area contributed by atoms with Crippen molar-refractivity contribution in [3.05, 3.63) is 77.0 Å². The maximum atomic E-state index is 13.2. The largest absolute Gasteiger partial charge is 0.390 e. The second kappa shape index (κ2) is 7.81. The molecule has 1 amide bonds. The second-order valence-corrected chi connectivity index (χ2v) is 7.58. The highest BCUT2D eigenvalue weighted by Crippen LogP contribution is 2.37. The molecular formula is C23H24N2O4. The van der Waals surface area contributed by atoms with Gasteiger partial charge < -0.3 is 20.1 Å². The van der Waals surface area contributed by atoms with Crippen molar-refractivity contribution in [3.63, 3.8) is 0 Å². The topological polar surface area (TPSA) is 95.6 Å². The number of carbonyl (C=O) groups is 1. The highest BCUT2D eigenvalue weighted by molar-refractivity contribution is 6.01. The number of rotatable bonds is 4. The standard InChI is InChI=1S/C23H24N2O4/c1-13-8-6-7-11-16(13)17-12-18(26)22(27)21(17)24-23(28)19-14(2)29-25-20(19)15-9-4-3-5-10-15/h3-11,17-18,21-22,26-27H,12H2,1-2H3,(H,24,28)/t17-,18-,21-,22-/m1/s1. The van der Waals surface area contributed by atoms with E-state index in [2.05, 4.69) is 10.5 Å². The predicted octanol–water partition coefficient (Wildman–Crippen LogP) is 2.97. The van der Waals surface area contributed by atoms with Crippen molar-refractivity contribution in [1.29, 1.82) is 0 Å². The molecule has 1 saturated carbocycles. The van der Waals surface area contributed by atoms with Crippen LogP contribution in [0.1, 0.15) is 39.6 Å². The number of aromatic nitrogens is 1. The van der Waals surface area contributed by atoms with Gasteiger partial charge in [0.15, 0.2) is 0 Å². The Hall–Kier alpha value is -2.96. The highest BCUT2D eigenvalue weighted by Gasteiger charge is 2.44. The first-order valence-corrected chi connectivity index (χ1v) is 9.71. The van der Waals surface area contributed by atoms with Crippen molar-refractivity contribution < 1.29 is 19.5 Å². The molecule has 150 valence electrons. The lowest BCUT2D eigenvalue weighted by Gasteiger charge is -2.25. The lowest BCUT2D eigenvalue weighted by molar-refractivity contribution is 0.0294. The fourth-order valence-electron chi connectivity index (χ4n) is 4.19. The fraction of sp³-hybridized carbons (Fsp3) is 0.304. The summed E-state index contributed by atoms with van der Waals surface area (Å²) in [7, 11) is 0. The normalized spacial score (nSPS) is 23.9. The van der Waals surface area contributed by atoms with E-state index in [9.17, 15) is 15.0 Å². The van der Waals surface area contributed by atoms with Crippen LogP contribution in [0.2, 0.25) is 0 Å². The second-order valence-electron chi connectivity index (χ2n) is 7.58. The molecule has 1 heterocycles. The first-order valence-electron chi connectivity index (χ1n) is 9.71. The van der Waals surface area contributed by atoms with Crippen molar-refractivity contribution in [3.8, 4) is 11.3 Å². The molecule has 4 rings (SSSR count). The van der Waals surface area contributed by atoms with Gasteiger partial charge in [0.05, 0.1) is 12.1 Å². The zero-order chi connectivity index (χ0) is 20.5. The molecule has 0 radical (unpaired) electrons. The van der Waals surface area contributed by atoms with E-state index in [1.165, 1.54) is 0 Å². The van der Waals surface area contributed by atoms with Crippen LogP contribution in [0.25, 0.3) is 11.3 Å². The molecule has 1 fully saturated rings. The van der Waals surface area contributed by atoms with Crippen LogP contribution >= 0.6 is 0 Å². The van der Waals surface area contributed by atoms with Gasteiger partial charge in [-0.2, -0.15) is 0 Å². The van der Waals surface area contributed by atoms with Gasteiger partial charge in [0.25, 0.3) is 5.91 Å². The molecule has 0 saturated heterocycles. The molecule has 4 atom stereocenters. The maximum Gasteiger partial charge on any atom is 0.257 e. The lowest BCUT2D eigenvalue weighted by Crippen LogP contribution is -2.45. The van der Waals surface area contributed by atoms with Gasteiger partial charge in [0.1, 0.15) is 23.1 Å². The molecule has 0 unspecified atom stereocenters. The highest BCUT2D eigenvalue weighted by atomic mass is 16.5. The Labute approximate surface area is 169 Å². The third-order valence-corrected chi connectivity index (χ3v) is 5.71. The summed E-state index contributed by atoms with van der Waals surface area (Å²) in [5.74, 6) is -0.161. The first-order chi connectivity index (χ1) is 14.0. The van der Waals surface area contributed by atoms with Crippen LogP contribution < -0.4 is 5.32 Å². The number of aryl methyl sites for hydroxylation is 2. The summed E-state index contributed by atoms with van der Waals surface area (Å²) in [6.45, 7) is 3.68. The monoisotopic (exact) mass is 392 g/mol. The molecule has 1 aliphatic rings. The Morgan fingerprint density at radius 3 is 2.48 bits per heavy atom. The Balaban J connectivity index is 1.66. The summed E-state index contributed by atoms with van der Waals surface area (Å²) in [6, 6.07) is 16.6. The van der Waals surface area contributed by atoms with E-state index in [-0.39, 0.29) is 11.8 Å². The molecule has 29 heavy (non-hydrogen) atoms. The molecule has 0 aliphatic heterocycles. The van der Waals surface area contributed by atoms with Gasteiger partial charge in [-0.1, -0.05) is 59.8 Å². The Kier molecular flexibility index (Phi) is 5.22. The van der Waals surface area contributed by atoms with Gasteiger partial charge in [-0.05, 0) is 31.4 Å². The third-order valence-electron chi connectivity index (χ3n) is 5.71. The van der Waals surface area contributed by atoms with Crippen LogP contribution in [0.4, 0.5) is 0 Å². The Bertz CT molecular complexity index is 1010. The zero-order valence-corrected chi connectivity index (χ0v) is 16.4. The summed E-state index contributed by atoms with van der Waals surface area (Å²) in [5, 5.41) is 27.9. The summed E-state index contributed by atoms with van der Waals surface area (Å²) >= 11 is 0. The smallest absolute Gasteiger partial charge is 0.257 e. The van der Waals surface area contributed by atoms with E-state index in [0.717, 1.165) is 16.7 Å². The van der Waals surface area contributed by atoms with E-state index in [4.69, 9.17) is 4.52 Å². The first kappa shape index (κ1) is 19.4. The van der Waals surface area contributed by atoms with Gasteiger partial charge >= 0.3 is 0 Å². The molecule has 1 aromatic heterocycles. The van der Waals surface area contributed by atoms with E-state index in [1.54, 1.807) is 6.92 Å². The molecule has 6 heteroatoms. The minimum absolute atomic E-state index is 0.189. The zero-order valence-electron chi connectivity index (χ0n) is 16.4. The van der Waals surface area contributed by atoms with Crippen LogP contribution in [0, 0.1) is 13.8 Å². The lowest BCUT2D eigenvalue weighted by atomic mass is 9.90. The minimum atomic E-state index is -1.05. The Morgan fingerprint density at radius 1 is 1.07 bits per heavy atom. The number of aliphatic hydroxyl groups is 2. The van der Waals surface area contributed by atoms with Crippen molar-refractivity contribution in [2.24, 2.45) is 0 Å². The van der Waals surface area contributed by atoms with Crippen molar-refractivity contribution >= 4 is 5.91 Å². The molecule has 6 nitrogen and oxygen atoms in total. The molecule has 0 spiro atoms. The van der Waals surface area contributed by atoms with Crippen LogP contribution in [0.5, 0.6) is 0 Å². The average Bonchev–Trinajstić information content (AvgIpc) is 3.24. The number of hydrogen-bond donors (Lipinski definition) is 3. The van der Waals surface area contributed by atoms with Gasteiger partial charge in [-0.25, -0.2) is 0 Å². The third kappa shape index (κ3) is 3.57. The van der Waals surface area contributed by atoms with E-state index in [1.807, 2.05) is 61.5 Å². The summed E-state index contributed by atoms with van der Waals surface area (Å²) in [6.07, 6.45) is -1.57. The van der Waals surface area contributed by atoms with Gasteiger partial charge in [-0.15, -0.1) is 0 Å². The van der Waals surface area contributed by atoms with Crippen molar-refractivity contribution in [2.75, 3.05) is 0 Å². The van der Waals surface area contributed by atoms with Gasteiger partial charge in [0, 0.05) is 11.5 Å². The Morgan fingerprint density at radius 2 is 1.76 bits per heavy atom. The molecule has 0 bridgehead atoms. The van der Waals surface area contributed by atoms with Crippen molar-refractivity contribution in [2.45, 2.75) is 44.4 Å². The molecule has 3 aromatic rings. The van der Waals surface area contributed by atoms with E-state index in [0.29, 0.717) is 23.4 Å². The number of carbonyl (C=O) groups excluding carboxylic acids is 1. The SMILES string of the molecule is Cc1ccccc1[C@H]1C[C@@H](O)[C@@H](O)[C@@H]1NC(=O)c1c(-c2ccccc2)noc1C. The number of amides is 1. The van der Waals surface area contributed by atoms with Crippen LogP contribution in [0.3, 0.4) is 0 Å². The van der Waals surface area contributed by atoms with Crippen LogP contribution in [0.15, 0.2) is 59.1 Å². The number of nitrogens with zero attached hydrogens (tertiary/aromatic N) is 1. The van der Waals surface area contributed by atoms with E-state index < -0.39 is 18.2 Å². The number of benzene rings is 2. The summed E-state index contributed by atoms with van der Waals surface area (Å²) < 4.78 is 5.29. The number of aliphatic hydroxyl groups excluding tert-OH is 2. The fourth-order valence-corrected chi connectivity index (χ4v) is 4.19. The predicted molar refractivity (Wildman–Crippen MR) is 108 cm³/mol. The number of hydrogen-bond acceptors (Lipinski definition) is 5. The van der Waals surface area contributed by atoms with E-state index >= 15 is 0 Å². The van der Waals surface area contributed by atoms with Gasteiger partial charge in [-0.3, -0.25) is 4.79 Å². The van der Waals surface area contributed by atoms with Crippen LogP contribution in [-0.4, -0.2) is 39.5 Å². The van der Waals surface area contributed by atoms with Crippen molar-refractivity contribution in [1.82, 2.24) is 10.5 Å². The summed E-state index contributed by atoms with van der Waals surface area (Å²) in [5.41, 5.74) is 3.65. The molecular weight excluding hydrogens is 368 g/mol. The summed E-state index contributed by atoms with van der Waals surface area (Å²) in [4.78, 5) is 13.2. The molecule has 2 aromatic carbocycles. The maximum absolute atomic E-state index is 13.2. The molecule has 1 aliphatic carbocycles. The minimum Gasteiger partial charge on any atom is -0.390 e. The van der Waals surface area contributed by atoms with Crippen LogP contribution in [-0.2, 0) is 0 Å². The quantitative estimate of drug-likeness (QED) is 0.634. The molecule has 3 N–H and O–H groups in total. The van der Waals surface area contributed by atoms with Gasteiger partial charge in [0.2, 0.25) is 0 Å².